The summed E-state index contributed by atoms with van der Waals surface area (Å²) >= 11 is 0. The van der Waals surface area contributed by atoms with Crippen molar-refractivity contribution in [2.75, 3.05) is 0 Å². The summed E-state index contributed by atoms with van der Waals surface area (Å²) in [6.07, 6.45) is -7.92. The molecule has 1 rings (SSSR count). The highest BCUT2D eigenvalue weighted by molar-refractivity contribution is 5.91. The molecule has 0 spiro atoms. The van der Waals surface area contributed by atoms with Crippen LogP contribution in [0.5, 0.6) is 0 Å². The fraction of sp³-hybridized carbons (Fsp3) is 0.333. The van der Waals surface area contributed by atoms with Crippen molar-refractivity contribution in [2.24, 2.45) is 5.73 Å². The normalized spacial score (nSPS) is 11.9. The smallest absolute Gasteiger partial charge is 0.434 e. The lowest BCUT2D eigenvalue weighted by molar-refractivity contribution is -0.141. The molecule has 1 heterocycles. The van der Waals surface area contributed by atoms with Crippen LogP contribution in [0.2, 0.25) is 0 Å². The number of carbonyl (C=O) groups is 1. The van der Waals surface area contributed by atoms with Crippen LogP contribution in [-0.4, -0.2) is 16.1 Å². The minimum absolute atomic E-state index is 0.294. The van der Waals surface area contributed by atoms with Crippen LogP contribution < -0.4 is 5.73 Å². The number of rotatable bonds is 3. The molecule has 0 atom stereocenters. The molecule has 4 nitrogen and oxygen atoms in total. The first kappa shape index (κ1) is 14.3. The lowest BCUT2D eigenvalue weighted by Gasteiger charge is -2.15. The monoisotopic (exact) mass is 270 g/mol. The minimum Gasteiger partial charge on any atom is -0.478 e. The van der Waals surface area contributed by atoms with Gasteiger partial charge in [0.25, 0.3) is 6.43 Å². The number of carboxylic acids is 1. The number of nitrogens with two attached hydrogens (primary N) is 1. The van der Waals surface area contributed by atoms with E-state index in [1.807, 2.05) is 0 Å². The minimum atomic E-state index is -5.06. The second kappa shape index (κ2) is 4.84. The third kappa shape index (κ3) is 2.55. The second-order valence-corrected chi connectivity index (χ2v) is 3.22. The highest BCUT2D eigenvalue weighted by Crippen LogP contribution is 2.34. The number of aromatic nitrogens is 1. The van der Waals surface area contributed by atoms with Crippen molar-refractivity contribution < 1.29 is 31.9 Å². The lowest BCUT2D eigenvalue weighted by atomic mass is 10.0. The summed E-state index contributed by atoms with van der Waals surface area (Å²) in [6, 6.07) is 0. The molecule has 9 heteroatoms. The maximum Gasteiger partial charge on any atom is 0.434 e. The van der Waals surface area contributed by atoms with Crippen molar-refractivity contribution in [3.8, 4) is 0 Å². The molecule has 1 aromatic rings. The van der Waals surface area contributed by atoms with Crippen LogP contribution in [0.1, 0.15) is 33.6 Å². The van der Waals surface area contributed by atoms with Gasteiger partial charge in [-0.1, -0.05) is 0 Å². The number of halogens is 5. The van der Waals surface area contributed by atoms with Gasteiger partial charge in [-0.2, -0.15) is 13.2 Å². The molecule has 0 fully saturated rings. The van der Waals surface area contributed by atoms with Crippen molar-refractivity contribution >= 4 is 5.97 Å². The van der Waals surface area contributed by atoms with Crippen molar-refractivity contribution in [1.82, 2.24) is 4.98 Å². The zero-order valence-electron chi connectivity index (χ0n) is 8.63. The maximum absolute atomic E-state index is 12.5. The highest BCUT2D eigenvalue weighted by Gasteiger charge is 2.39. The predicted molar refractivity (Wildman–Crippen MR) is 49.0 cm³/mol. The average Bonchev–Trinajstić information content (AvgIpc) is 2.25. The van der Waals surface area contributed by atoms with Gasteiger partial charge in [-0.3, -0.25) is 4.98 Å². The van der Waals surface area contributed by atoms with Gasteiger partial charge in [-0.25, -0.2) is 13.6 Å². The van der Waals surface area contributed by atoms with E-state index in [1.165, 1.54) is 0 Å². The molecule has 0 aliphatic rings. The van der Waals surface area contributed by atoms with E-state index in [-0.39, 0.29) is 0 Å². The Hall–Kier alpha value is -1.77. The van der Waals surface area contributed by atoms with Crippen molar-refractivity contribution in [2.45, 2.75) is 19.1 Å². The Kier molecular flexibility index (Phi) is 3.85. The molecule has 0 radical (unpaired) electrons. The third-order valence-corrected chi connectivity index (χ3v) is 2.14. The molecule has 18 heavy (non-hydrogen) atoms. The van der Waals surface area contributed by atoms with Crippen LogP contribution in [0.3, 0.4) is 0 Å². The zero-order chi connectivity index (χ0) is 14.1. The molecule has 1 aromatic heterocycles. The summed E-state index contributed by atoms with van der Waals surface area (Å²) in [5.74, 6) is -2.00. The van der Waals surface area contributed by atoms with E-state index in [0.717, 1.165) is 0 Å². The highest BCUT2D eigenvalue weighted by atomic mass is 19.4. The molecule has 3 N–H and O–H groups in total. The molecule has 0 aliphatic carbocycles. The molecular formula is C9H7F5N2O2. The number of pyridine rings is 1. The Labute approximate surface area is 97.2 Å². The van der Waals surface area contributed by atoms with Gasteiger partial charge >= 0.3 is 12.1 Å². The Morgan fingerprint density at radius 2 is 2.00 bits per heavy atom. The number of hydrogen-bond acceptors (Lipinski definition) is 3. The molecule has 0 aromatic carbocycles. The molecule has 0 amide bonds. The van der Waals surface area contributed by atoms with Crippen molar-refractivity contribution in [1.29, 1.82) is 0 Å². The first-order chi connectivity index (χ1) is 8.20. The fourth-order valence-electron chi connectivity index (χ4n) is 1.42. The van der Waals surface area contributed by atoms with E-state index in [2.05, 4.69) is 4.98 Å². The van der Waals surface area contributed by atoms with Crippen LogP contribution in [0.25, 0.3) is 0 Å². The van der Waals surface area contributed by atoms with Gasteiger partial charge < -0.3 is 10.8 Å². The largest absolute Gasteiger partial charge is 0.478 e. The molecular weight excluding hydrogens is 263 g/mol. The number of alkyl halides is 5. The Morgan fingerprint density at radius 1 is 1.44 bits per heavy atom. The first-order valence-electron chi connectivity index (χ1n) is 4.50. The summed E-state index contributed by atoms with van der Waals surface area (Å²) in [6.45, 7) is -0.757. The third-order valence-electron chi connectivity index (χ3n) is 2.14. The fourth-order valence-corrected chi connectivity index (χ4v) is 1.42. The van der Waals surface area contributed by atoms with E-state index in [1.54, 1.807) is 0 Å². The molecule has 0 saturated heterocycles. The summed E-state index contributed by atoms with van der Waals surface area (Å²) in [5, 5.41) is 8.71. The Balaban J connectivity index is 3.64. The quantitative estimate of drug-likeness (QED) is 0.825. The van der Waals surface area contributed by atoms with Crippen molar-refractivity contribution in [3.63, 3.8) is 0 Å². The van der Waals surface area contributed by atoms with E-state index in [9.17, 15) is 26.7 Å². The number of carboxylic acid groups (broad SMARTS) is 1. The molecule has 0 unspecified atom stereocenters. The summed E-state index contributed by atoms with van der Waals surface area (Å²) in [4.78, 5) is 13.5. The first-order valence-corrected chi connectivity index (χ1v) is 4.50. The van der Waals surface area contributed by atoms with Crippen LogP contribution in [0, 0.1) is 0 Å². The zero-order valence-corrected chi connectivity index (χ0v) is 8.63. The standard InChI is InChI=1S/C9H7F5N2O2/c10-7(11)4-2-16-6(9(12,13)14)5(8(17)18)3(4)1-15/h2,7H,1,15H2,(H,17,18). The van der Waals surface area contributed by atoms with Gasteiger partial charge in [0.2, 0.25) is 0 Å². The maximum atomic E-state index is 12.5. The van der Waals surface area contributed by atoms with Crippen LogP contribution in [0.15, 0.2) is 6.20 Å². The van der Waals surface area contributed by atoms with Crippen LogP contribution in [0.4, 0.5) is 22.0 Å². The van der Waals surface area contributed by atoms with Crippen LogP contribution in [-0.2, 0) is 12.7 Å². The van der Waals surface area contributed by atoms with E-state index in [0.29, 0.717) is 6.20 Å². The summed E-state index contributed by atoms with van der Waals surface area (Å²) < 4.78 is 62.5. The van der Waals surface area contributed by atoms with Gasteiger partial charge in [0.1, 0.15) is 0 Å². The van der Waals surface area contributed by atoms with Gasteiger partial charge in [0.15, 0.2) is 5.69 Å². The van der Waals surface area contributed by atoms with E-state index < -0.39 is 47.5 Å². The molecule has 0 saturated carbocycles. The Bertz CT molecular complexity index is 473. The second-order valence-electron chi connectivity index (χ2n) is 3.22. The van der Waals surface area contributed by atoms with E-state index >= 15 is 0 Å². The molecule has 0 aliphatic heterocycles. The predicted octanol–water partition coefficient (Wildman–Crippen LogP) is 2.19. The summed E-state index contributed by atoms with van der Waals surface area (Å²) in [5.41, 5.74) is 0.302. The number of hydrogen-bond donors (Lipinski definition) is 2. The lowest BCUT2D eigenvalue weighted by Crippen LogP contribution is -2.20. The topological polar surface area (TPSA) is 76.2 Å². The van der Waals surface area contributed by atoms with Gasteiger partial charge in [0.05, 0.1) is 5.56 Å². The molecule has 0 bridgehead atoms. The van der Waals surface area contributed by atoms with Crippen LogP contribution >= 0.6 is 0 Å². The molecule has 100 valence electrons. The number of nitrogens with zero attached hydrogens (tertiary/aromatic N) is 1. The van der Waals surface area contributed by atoms with Gasteiger partial charge in [-0.05, 0) is 5.56 Å². The Morgan fingerprint density at radius 3 is 2.33 bits per heavy atom. The van der Waals surface area contributed by atoms with E-state index in [4.69, 9.17) is 10.8 Å². The van der Waals surface area contributed by atoms with Gasteiger partial charge in [-0.15, -0.1) is 0 Å². The number of aromatic carboxylic acids is 1. The SMILES string of the molecule is NCc1c(C(F)F)cnc(C(F)(F)F)c1C(=O)O. The average molecular weight is 270 g/mol. The summed E-state index contributed by atoms with van der Waals surface area (Å²) in [7, 11) is 0. The van der Waals surface area contributed by atoms with Crippen molar-refractivity contribution in [3.05, 3.63) is 28.6 Å². The van der Waals surface area contributed by atoms with Gasteiger partial charge in [0, 0.05) is 18.3 Å².